The van der Waals surface area contributed by atoms with Crippen molar-refractivity contribution in [2.45, 2.75) is 66.0 Å². The van der Waals surface area contributed by atoms with Gasteiger partial charge in [-0.1, -0.05) is 20.8 Å². The van der Waals surface area contributed by atoms with E-state index in [4.69, 9.17) is 9.98 Å². The number of guanidine groups is 1. The first kappa shape index (κ1) is 26.5. The number of thiazole rings is 2. The van der Waals surface area contributed by atoms with E-state index < -0.39 is 0 Å². The van der Waals surface area contributed by atoms with Crippen molar-refractivity contribution >= 4 is 52.6 Å². The maximum absolute atomic E-state index is 4.75. The summed E-state index contributed by atoms with van der Waals surface area (Å²) in [6.07, 6.45) is 3.48. The Bertz CT molecular complexity index is 796. The molecule has 0 aromatic carbocycles. The number of rotatable bonds is 9. The standard InChI is InChI=1S/C22H36N6S2.HI/c1-5-20-26-18(14-29-20)13-28-9-7-17(8-10-28)11-24-22(23-6-2)25-12-21-27-19(15-30-21)16(3)4;/h14-17H,5-13H2,1-4H3,(H2,23,24,25);1H. The summed E-state index contributed by atoms with van der Waals surface area (Å²) in [6.45, 7) is 14.4. The Morgan fingerprint density at radius 3 is 2.48 bits per heavy atom. The normalized spacial score (nSPS) is 15.8. The average molecular weight is 577 g/mol. The zero-order chi connectivity index (χ0) is 21.3. The molecule has 2 N–H and O–H groups in total. The molecule has 3 rings (SSSR count). The SMILES string of the molecule is CCNC(=NCc1nc(C(C)C)cs1)NCC1CCN(Cc2csc(CC)n2)CC1.I. The number of nitrogens with zero attached hydrogens (tertiary/aromatic N) is 4. The van der Waals surface area contributed by atoms with Gasteiger partial charge >= 0.3 is 0 Å². The number of hydrogen-bond donors (Lipinski definition) is 2. The fourth-order valence-corrected chi connectivity index (χ4v) is 5.17. The number of piperidine rings is 1. The average Bonchev–Trinajstić information content (AvgIpc) is 3.40. The van der Waals surface area contributed by atoms with Gasteiger partial charge in [-0.05, 0) is 51.1 Å². The van der Waals surface area contributed by atoms with Crippen LogP contribution in [0.25, 0.3) is 0 Å². The van der Waals surface area contributed by atoms with Crippen LogP contribution in [0.1, 0.15) is 67.9 Å². The highest BCUT2D eigenvalue weighted by Gasteiger charge is 2.20. The van der Waals surface area contributed by atoms with Gasteiger partial charge < -0.3 is 10.6 Å². The van der Waals surface area contributed by atoms with Crippen LogP contribution in [0.5, 0.6) is 0 Å². The summed E-state index contributed by atoms with van der Waals surface area (Å²) < 4.78 is 0. The molecule has 1 saturated heterocycles. The summed E-state index contributed by atoms with van der Waals surface area (Å²) >= 11 is 3.49. The summed E-state index contributed by atoms with van der Waals surface area (Å²) in [7, 11) is 0. The summed E-state index contributed by atoms with van der Waals surface area (Å²) in [6, 6.07) is 0. The maximum atomic E-state index is 4.75. The lowest BCUT2D eigenvalue weighted by molar-refractivity contribution is 0.176. The first-order chi connectivity index (χ1) is 14.6. The van der Waals surface area contributed by atoms with E-state index in [0.717, 1.165) is 50.1 Å². The molecule has 31 heavy (non-hydrogen) atoms. The Morgan fingerprint density at radius 2 is 1.87 bits per heavy atom. The monoisotopic (exact) mass is 576 g/mol. The molecule has 0 radical (unpaired) electrons. The zero-order valence-corrected chi connectivity index (χ0v) is 23.2. The van der Waals surface area contributed by atoms with E-state index in [-0.39, 0.29) is 24.0 Å². The molecule has 0 spiro atoms. The fraction of sp³-hybridized carbons (Fsp3) is 0.682. The first-order valence-corrected chi connectivity index (χ1v) is 12.9. The predicted molar refractivity (Wildman–Crippen MR) is 144 cm³/mol. The van der Waals surface area contributed by atoms with Crippen LogP contribution in [-0.4, -0.2) is 47.0 Å². The van der Waals surface area contributed by atoms with Gasteiger partial charge in [0.2, 0.25) is 0 Å². The van der Waals surface area contributed by atoms with Crippen LogP contribution < -0.4 is 10.6 Å². The van der Waals surface area contributed by atoms with E-state index in [9.17, 15) is 0 Å². The molecule has 0 saturated carbocycles. The highest BCUT2D eigenvalue weighted by Crippen LogP contribution is 2.20. The Kier molecular flexibility index (Phi) is 11.7. The zero-order valence-electron chi connectivity index (χ0n) is 19.2. The number of nitrogens with one attached hydrogen (secondary N) is 2. The lowest BCUT2D eigenvalue weighted by Crippen LogP contribution is -2.42. The van der Waals surface area contributed by atoms with Crippen molar-refractivity contribution in [1.29, 1.82) is 0 Å². The van der Waals surface area contributed by atoms with Gasteiger partial charge in [0.1, 0.15) is 5.01 Å². The first-order valence-electron chi connectivity index (χ1n) is 11.2. The maximum Gasteiger partial charge on any atom is 0.191 e. The van der Waals surface area contributed by atoms with E-state index in [0.29, 0.717) is 18.4 Å². The smallest absolute Gasteiger partial charge is 0.191 e. The summed E-state index contributed by atoms with van der Waals surface area (Å²) in [5.74, 6) is 2.07. The molecule has 1 aliphatic heterocycles. The van der Waals surface area contributed by atoms with Crippen molar-refractivity contribution < 1.29 is 0 Å². The molecule has 1 aliphatic rings. The van der Waals surface area contributed by atoms with Gasteiger partial charge in [0, 0.05) is 30.4 Å². The van der Waals surface area contributed by atoms with Gasteiger partial charge in [-0.2, -0.15) is 0 Å². The van der Waals surface area contributed by atoms with Crippen molar-refractivity contribution in [3.8, 4) is 0 Å². The van der Waals surface area contributed by atoms with E-state index in [1.807, 2.05) is 0 Å². The van der Waals surface area contributed by atoms with E-state index >= 15 is 0 Å². The van der Waals surface area contributed by atoms with Crippen LogP contribution >= 0.6 is 46.7 Å². The topological polar surface area (TPSA) is 65.4 Å². The Hall–Kier alpha value is -0.780. The highest BCUT2D eigenvalue weighted by molar-refractivity contribution is 14.0. The van der Waals surface area contributed by atoms with Crippen molar-refractivity contribution in [1.82, 2.24) is 25.5 Å². The minimum absolute atomic E-state index is 0. The van der Waals surface area contributed by atoms with E-state index in [2.05, 4.69) is 59.0 Å². The Labute approximate surface area is 212 Å². The quantitative estimate of drug-likeness (QED) is 0.254. The van der Waals surface area contributed by atoms with Gasteiger partial charge in [0.15, 0.2) is 5.96 Å². The number of aromatic nitrogens is 2. The third-order valence-electron chi connectivity index (χ3n) is 5.43. The van der Waals surface area contributed by atoms with Crippen LogP contribution in [0.4, 0.5) is 0 Å². The third-order valence-corrected chi connectivity index (χ3v) is 7.32. The van der Waals surface area contributed by atoms with Crippen molar-refractivity contribution in [2.24, 2.45) is 10.9 Å². The molecule has 0 aliphatic carbocycles. The van der Waals surface area contributed by atoms with E-state index in [1.54, 1.807) is 22.7 Å². The second-order valence-electron chi connectivity index (χ2n) is 8.20. The lowest BCUT2D eigenvalue weighted by atomic mass is 9.97. The van der Waals surface area contributed by atoms with E-state index in [1.165, 1.54) is 29.2 Å². The van der Waals surface area contributed by atoms with Crippen LogP contribution in [0, 0.1) is 5.92 Å². The van der Waals surface area contributed by atoms with Gasteiger partial charge in [0.05, 0.1) is 22.9 Å². The third kappa shape index (κ3) is 8.58. The van der Waals surface area contributed by atoms with Crippen LogP contribution in [-0.2, 0) is 19.5 Å². The lowest BCUT2D eigenvalue weighted by Gasteiger charge is -2.31. The second-order valence-corrected chi connectivity index (χ2v) is 10.1. The largest absolute Gasteiger partial charge is 0.357 e. The number of aryl methyl sites for hydroxylation is 1. The molecule has 9 heteroatoms. The molecule has 0 unspecified atom stereocenters. The number of hydrogen-bond acceptors (Lipinski definition) is 6. The van der Waals surface area contributed by atoms with Crippen molar-refractivity contribution in [3.63, 3.8) is 0 Å². The summed E-state index contributed by atoms with van der Waals surface area (Å²) in [5.41, 5.74) is 2.40. The Morgan fingerprint density at radius 1 is 1.13 bits per heavy atom. The van der Waals surface area contributed by atoms with Gasteiger partial charge in [-0.15, -0.1) is 46.7 Å². The minimum Gasteiger partial charge on any atom is -0.357 e. The number of aliphatic imine (C=N–C) groups is 1. The molecular weight excluding hydrogens is 539 g/mol. The molecular formula is C22H37IN6S2. The van der Waals surface area contributed by atoms with Gasteiger partial charge in [-0.3, -0.25) is 4.90 Å². The summed E-state index contributed by atoms with van der Waals surface area (Å²) in [4.78, 5) is 16.7. The van der Waals surface area contributed by atoms with Crippen LogP contribution in [0.3, 0.4) is 0 Å². The molecule has 3 heterocycles. The molecule has 0 atom stereocenters. The molecule has 2 aromatic rings. The number of halogens is 1. The van der Waals surface area contributed by atoms with Gasteiger partial charge in [-0.25, -0.2) is 15.0 Å². The molecule has 0 amide bonds. The highest BCUT2D eigenvalue weighted by atomic mass is 127. The van der Waals surface area contributed by atoms with Crippen molar-refractivity contribution in [2.75, 3.05) is 26.2 Å². The summed E-state index contributed by atoms with van der Waals surface area (Å²) in [5, 5.41) is 13.6. The van der Waals surface area contributed by atoms with Crippen LogP contribution in [0.15, 0.2) is 15.8 Å². The Balaban J connectivity index is 0.00000341. The second kappa shape index (κ2) is 13.7. The molecule has 174 valence electrons. The fourth-order valence-electron chi connectivity index (χ4n) is 3.55. The van der Waals surface area contributed by atoms with Gasteiger partial charge in [0.25, 0.3) is 0 Å². The minimum atomic E-state index is 0. The molecule has 6 nitrogen and oxygen atoms in total. The number of likely N-dealkylation sites (tertiary alicyclic amines) is 1. The molecule has 1 fully saturated rings. The molecule has 2 aromatic heterocycles. The van der Waals surface area contributed by atoms with Crippen LogP contribution in [0.2, 0.25) is 0 Å². The molecule has 0 bridgehead atoms. The van der Waals surface area contributed by atoms with Crippen molar-refractivity contribution in [3.05, 3.63) is 32.2 Å². The predicted octanol–water partition coefficient (Wildman–Crippen LogP) is 4.87.